The molecule has 15 heavy (non-hydrogen) atoms. The standard InChI is InChI=1S/C7H8N4O4/c8-7(15)10-5(12)3-11-4(6(13)14)1-2-9-11/h1-2H,3H2,(H,13,14)(H3,8,10,12,15). The number of nitrogens with one attached hydrogen (secondary N) is 1. The number of carboxylic acids is 1. The Kier molecular flexibility index (Phi) is 3.01. The molecule has 1 aromatic heterocycles. The van der Waals surface area contributed by atoms with Crippen molar-refractivity contribution in [2.24, 2.45) is 5.73 Å². The maximum Gasteiger partial charge on any atom is 0.354 e. The smallest absolute Gasteiger partial charge is 0.354 e. The number of amides is 3. The molecule has 0 aromatic carbocycles. The highest BCUT2D eigenvalue weighted by Crippen LogP contribution is 1.97. The summed E-state index contributed by atoms with van der Waals surface area (Å²) in [5, 5.41) is 14.1. The quantitative estimate of drug-likeness (QED) is 0.578. The molecule has 0 radical (unpaired) electrons. The lowest BCUT2D eigenvalue weighted by atomic mass is 10.4. The van der Waals surface area contributed by atoms with Gasteiger partial charge in [-0.3, -0.25) is 10.1 Å². The maximum absolute atomic E-state index is 11.0. The van der Waals surface area contributed by atoms with Gasteiger partial charge < -0.3 is 10.8 Å². The molecular formula is C7H8N4O4. The minimum absolute atomic E-state index is 0.144. The van der Waals surface area contributed by atoms with Gasteiger partial charge in [0.1, 0.15) is 12.2 Å². The molecule has 80 valence electrons. The summed E-state index contributed by atoms with van der Waals surface area (Å²) in [6.45, 7) is -0.377. The van der Waals surface area contributed by atoms with E-state index in [1.54, 1.807) is 5.32 Å². The predicted octanol–water partition coefficient (Wildman–Crippen LogP) is -1.22. The lowest BCUT2D eigenvalue weighted by molar-refractivity contribution is -0.120. The number of nitrogens with two attached hydrogens (primary N) is 1. The van der Waals surface area contributed by atoms with E-state index in [1.807, 2.05) is 0 Å². The van der Waals surface area contributed by atoms with Crippen LogP contribution in [-0.4, -0.2) is 32.8 Å². The Labute approximate surface area is 83.7 Å². The van der Waals surface area contributed by atoms with E-state index in [1.165, 1.54) is 12.3 Å². The summed E-state index contributed by atoms with van der Waals surface area (Å²) >= 11 is 0. The number of hydrogen-bond donors (Lipinski definition) is 3. The van der Waals surface area contributed by atoms with E-state index in [0.717, 1.165) is 4.68 Å². The Morgan fingerprint density at radius 2 is 2.20 bits per heavy atom. The SMILES string of the molecule is NC(=O)NC(=O)Cn1nccc1C(=O)O. The van der Waals surface area contributed by atoms with Crippen molar-refractivity contribution in [1.29, 1.82) is 0 Å². The summed E-state index contributed by atoms with van der Waals surface area (Å²) < 4.78 is 0.945. The van der Waals surface area contributed by atoms with Gasteiger partial charge >= 0.3 is 12.0 Å². The van der Waals surface area contributed by atoms with Crippen LogP contribution >= 0.6 is 0 Å². The van der Waals surface area contributed by atoms with Crippen molar-refractivity contribution in [3.05, 3.63) is 18.0 Å². The fraction of sp³-hybridized carbons (Fsp3) is 0.143. The number of urea groups is 1. The van der Waals surface area contributed by atoms with Gasteiger partial charge in [-0.15, -0.1) is 0 Å². The zero-order valence-electron chi connectivity index (χ0n) is 7.51. The second-order valence-corrected chi connectivity index (χ2v) is 2.59. The van der Waals surface area contributed by atoms with Crippen molar-refractivity contribution in [2.45, 2.75) is 6.54 Å². The maximum atomic E-state index is 11.0. The Morgan fingerprint density at radius 1 is 1.53 bits per heavy atom. The molecule has 0 fully saturated rings. The average molecular weight is 212 g/mol. The van der Waals surface area contributed by atoms with Crippen LogP contribution in [0.25, 0.3) is 0 Å². The van der Waals surface area contributed by atoms with E-state index in [0.29, 0.717) is 0 Å². The number of rotatable bonds is 3. The highest BCUT2D eigenvalue weighted by atomic mass is 16.4. The number of primary amides is 1. The minimum atomic E-state index is -1.21. The molecule has 0 spiro atoms. The zero-order valence-corrected chi connectivity index (χ0v) is 7.51. The van der Waals surface area contributed by atoms with Gasteiger partial charge in [-0.05, 0) is 6.07 Å². The molecule has 8 heteroatoms. The van der Waals surface area contributed by atoms with Crippen molar-refractivity contribution in [3.63, 3.8) is 0 Å². The molecule has 4 N–H and O–H groups in total. The van der Waals surface area contributed by atoms with Crippen LogP contribution in [0, 0.1) is 0 Å². The number of nitrogens with zero attached hydrogens (tertiary/aromatic N) is 2. The molecular weight excluding hydrogens is 204 g/mol. The fourth-order valence-corrected chi connectivity index (χ4v) is 0.953. The second-order valence-electron chi connectivity index (χ2n) is 2.59. The van der Waals surface area contributed by atoms with Crippen LogP contribution in [0.3, 0.4) is 0 Å². The van der Waals surface area contributed by atoms with E-state index in [9.17, 15) is 14.4 Å². The first-order chi connectivity index (χ1) is 7.00. The largest absolute Gasteiger partial charge is 0.477 e. The molecule has 0 aliphatic carbocycles. The monoisotopic (exact) mass is 212 g/mol. The van der Waals surface area contributed by atoms with Crippen molar-refractivity contribution < 1.29 is 19.5 Å². The van der Waals surface area contributed by atoms with Crippen molar-refractivity contribution in [1.82, 2.24) is 15.1 Å². The molecule has 1 heterocycles. The third kappa shape index (κ3) is 2.79. The van der Waals surface area contributed by atoms with Crippen LogP contribution in [0.1, 0.15) is 10.5 Å². The van der Waals surface area contributed by atoms with Crippen molar-refractivity contribution >= 4 is 17.9 Å². The van der Waals surface area contributed by atoms with Gasteiger partial charge in [0.2, 0.25) is 5.91 Å². The molecule has 0 bridgehead atoms. The first-order valence-corrected chi connectivity index (χ1v) is 3.85. The molecule has 0 atom stereocenters. The van der Waals surface area contributed by atoms with Gasteiger partial charge in [0, 0.05) is 6.20 Å². The van der Waals surface area contributed by atoms with Crippen LogP contribution in [0.15, 0.2) is 12.3 Å². The van der Waals surface area contributed by atoms with Gasteiger partial charge in [-0.25, -0.2) is 14.3 Å². The van der Waals surface area contributed by atoms with Crippen molar-refractivity contribution in [3.8, 4) is 0 Å². The van der Waals surface area contributed by atoms with Crippen molar-refractivity contribution in [2.75, 3.05) is 0 Å². The first-order valence-electron chi connectivity index (χ1n) is 3.85. The van der Waals surface area contributed by atoms with Gasteiger partial charge in [-0.1, -0.05) is 0 Å². The molecule has 1 aromatic rings. The summed E-state index contributed by atoms with van der Waals surface area (Å²) in [4.78, 5) is 31.9. The van der Waals surface area contributed by atoms with Gasteiger partial charge in [0.15, 0.2) is 0 Å². The van der Waals surface area contributed by atoms with Crippen LogP contribution in [0.2, 0.25) is 0 Å². The minimum Gasteiger partial charge on any atom is -0.477 e. The number of carbonyl (C=O) groups excluding carboxylic acids is 2. The van der Waals surface area contributed by atoms with Crippen LogP contribution in [0.4, 0.5) is 4.79 Å². The Morgan fingerprint density at radius 3 is 2.73 bits per heavy atom. The molecule has 0 unspecified atom stereocenters. The second kappa shape index (κ2) is 4.22. The van der Waals surface area contributed by atoms with E-state index in [2.05, 4.69) is 5.10 Å². The van der Waals surface area contributed by atoms with Crippen LogP contribution < -0.4 is 11.1 Å². The lowest BCUT2D eigenvalue weighted by Crippen LogP contribution is -2.37. The van der Waals surface area contributed by atoms with Gasteiger partial charge in [-0.2, -0.15) is 5.10 Å². The third-order valence-electron chi connectivity index (χ3n) is 1.49. The summed E-state index contributed by atoms with van der Waals surface area (Å²) in [7, 11) is 0. The van der Waals surface area contributed by atoms with E-state index >= 15 is 0 Å². The Hall–Kier alpha value is -2.38. The number of hydrogen-bond acceptors (Lipinski definition) is 4. The summed E-state index contributed by atoms with van der Waals surface area (Å²) in [5.74, 6) is -1.94. The topological polar surface area (TPSA) is 127 Å². The lowest BCUT2D eigenvalue weighted by Gasteiger charge is -2.03. The van der Waals surface area contributed by atoms with E-state index in [-0.39, 0.29) is 12.2 Å². The fourth-order valence-electron chi connectivity index (χ4n) is 0.953. The first kappa shape index (κ1) is 10.7. The molecule has 0 aliphatic rings. The van der Waals surface area contributed by atoms with Gasteiger partial charge in [0.05, 0.1) is 0 Å². The summed E-state index contributed by atoms with van der Waals surface area (Å²) in [6.07, 6.45) is 1.24. The number of imide groups is 1. The highest BCUT2D eigenvalue weighted by Gasteiger charge is 2.13. The number of aromatic carboxylic acids is 1. The highest BCUT2D eigenvalue weighted by molar-refractivity contribution is 5.94. The summed E-state index contributed by atoms with van der Waals surface area (Å²) in [5.41, 5.74) is 4.56. The van der Waals surface area contributed by atoms with E-state index in [4.69, 9.17) is 10.8 Å². The third-order valence-corrected chi connectivity index (χ3v) is 1.49. The number of carbonyl (C=O) groups is 3. The Bertz CT molecular complexity index is 411. The van der Waals surface area contributed by atoms with E-state index < -0.39 is 17.9 Å². The Balaban J connectivity index is 2.72. The van der Waals surface area contributed by atoms with Crippen LogP contribution in [0.5, 0.6) is 0 Å². The number of aromatic nitrogens is 2. The molecule has 1 rings (SSSR count). The molecule has 0 saturated carbocycles. The number of carboxylic acid groups (broad SMARTS) is 1. The summed E-state index contributed by atoms with van der Waals surface area (Å²) in [6, 6.07) is 0.240. The molecule has 3 amide bonds. The normalized spacial score (nSPS) is 9.60. The predicted molar refractivity (Wildman–Crippen MR) is 46.9 cm³/mol. The molecule has 0 saturated heterocycles. The average Bonchev–Trinajstić information content (AvgIpc) is 2.50. The molecule has 0 aliphatic heterocycles. The molecule has 8 nitrogen and oxygen atoms in total. The van der Waals surface area contributed by atoms with Gasteiger partial charge in [0.25, 0.3) is 0 Å². The van der Waals surface area contributed by atoms with Crippen LogP contribution in [-0.2, 0) is 11.3 Å². The zero-order chi connectivity index (χ0) is 11.4.